The first-order chi connectivity index (χ1) is 12.3. The molecule has 3 aromatic rings. The molecule has 5 nitrogen and oxygen atoms in total. The average Bonchev–Trinajstić information content (AvgIpc) is 3.01. The minimum absolute atomic E-state index is 0.0820. The molecule has 0 fully saturated rings. The van der Waals surface area contributed by atoms with Gasteiger partial charge in [-0.25, -0.2) is 9.07 Å². The number of aryl methyl sites for hydroxylation is 3. The molecule has 0 bridgehead atoms. The van der Waals surface area contributed by atoms with Gasteiger partial charge in [0.25, 0.3) is 0 Å². The van der Waals surface area contributed by atoms with Crippen LogP contribution in [0.15, 0.2) is 30.3 Å². The molecule has 0 unspecified atom stereocenters. The Morgan fingerprint density at radius 2 is 1.65 bits per heavy atom. The Morgan fingerprint density at radius 1 is 1.00 bits per heavy atom. The molecule has 0 saturated heterocycles. The molecule has 2 heterocycles. The van der Waals surface area contributed by atoms with Gasteiger partial charge in [0.2, 0.25) is 0 Å². The van der Waals surface area contributed by atoms with Gasteiger partial charge in [-0.05, 0) is 64.1 Å². The van der Waals surface area contributed by atoms with E-state index in [4.69, 9.17) is 0 Å². The second-order valence-electron chi connectivity index (χ2n) is 6.34. The van der Waals surface area contributed by atoms with Gasteiger partial charge < -0.3 is 0 Å². The van der Waals surface area contributed by atoms with Crippen molar-refractivity contribution >= 4 is 11.9 Å². The maximum Gasteiger partial charge on any atom is 0.189 e. The summed E-state index contributed by atoms with van der Waals surface area (Å²) < 4.78 is 16.6. The highest BCUT2D eigenvalue weighted by Gasteiger charge is 2.16. The van der Waals surface area contributed by atoms with Gasteiger partial charge in [-0.2, -0.15) is 10.2 Å². The van der Waals surface area contributed by atoms with Gasteiger partial charge in [0.15, 0.2) is 5.78 Å². The zero-order chi connectivity index (χ0) is 19.0. The normalized spacial score (nSPS) is 11.5. The summed E-state index contributed by atoms with van der Waals surface area (Å²) in [5, 5.41) is 8.80. The zero-order valence-corrected chi connectivity index (χ0v) is 15.5. The van der Waals surface area contributed by atoms with Crippen molar-refractivity contribution in [1.82, 2.24) is 19.6 Å². The first-order valence-electron chi connectivity index (χ1n) is 8.34. The molecule has 0 aliphatic heterocycles. The number of ketones is 1. The summed E-state index contributed by atoms with van der Waals surface area (Å²) in [4.78, 5) is 12.6. The second kappa shape index (κ2) is 6.71. The Bertz CT molecular complexity index is 1010. The van der Waals surface area contributed by atoms with Crippen molar-refractivity contribution in [3.63, 3.8) is 0 Å². The molecule has 6 heteroatoms. The topological polar surface area (TPSA) is 52.7 Å². The van der Waals surface area contributed by atoms with Gasteiger partial charge in [-0.1, -0.05) is 0 Å². The third-order valence-electron chi connectivity index (χ3n) is 4.58. The van der Waals surface area contributed by atoms with Crippen LogP contribution in [0.3, 0.4) is 0 Å². The monoisotopic (exact) mass is 352 g/mol. The number of hydrogen-bond donors (Lipinski definition) is 0. The molecule has 1 aromatic carbocycles. The van der Waals surface area contributed by atoms with Crippen molar-refractivity contribution < 1.29 is 9.18 Å². The van der Waals surface area contributed by atoms with Gasteiger partial charge in [0, 0.05) is 24.0 Å². The lowest BCUT2D eigenvalue weighted by Crippen LogP contribution is -2.00. The molecule has 2 aromatic heterocycles. The van der Waals surface area contributed by atoms with Crippen LogP contribution >= 0.6 is 0 Å². The van der Waals surface area contributed by atoms with Crippen LogP contribution in [0.25, 0.3) is 11.8 Å². The molecular weight excluding hydrogens is 331 g/mol. The highest BCUT2D eigenvalue weighted by atomic mass is 19.1. The predicted octanol–water partition coefficient (Wildman–Crippen LogP) is 3.87. The van der Waals surface area contributed by atoms with Gasteiger partial charge in [0.1, 0.15) is 5.82 Å². The highest BCUT2D eigenvalue weighted by Crippen LogP contribution is 2.20. The number of allylic oxidation sites excluding steroid dienone is 1. The maximum atomic E-state index is 13.1. The fourth-order valence-electron chi connectivity index (χ4n) is 3.10. The van der Waals surface area contributed by atoms with E-state index in [0.717, 1.165) is 34.0 Å². The van der Waals surface area contributed by atoms with Crippen LogP contribution in [-0.2, 0) is 7.05 Å². The van der Waals surface area contributed by atoms with Crippen molar-refractivity contribution in [3.8, 4) is 5.69 Å². The molecule has 0 atom stereocenters. The first kappa shape index (κ1) is 17.8. The van der Waals surface area contributed by atoms with E-state index in [2.05, 4.69) is 10.2 Å². The lowest BCUT2D eigenvalue weighted by molar-refractivity contribution is 0.104. The van der Waals surface area contributed by atoms with E-state index in [-0.39, 0.29) is 11.6 Å². The highest BCUT2D eigenvalue weighted by molar-refractivity contribution is 6.08. The molecule has 134 valence electrons. The number of carbonyl (C=O) groups is 1. The smallest absolute Gasteiger partial charge is 0.189 e. The molecular formula is C20H21FN4O. The van der Waals surface area contributed by atoms with Crippen molar-refractivity contribution in [2.24, 2.45) is 7.05 Å². The van der Waals surface area contributed by atoms with Gasteiger partial charge >= 0.3 is 0 Å². The summed E-state index contributed by atoms with van der Waals surface area (Å²) in [7, 11) is 1.82. The average molecular weight is 352 g/mol. The summed E-state index contributed by atoms with van der Waals surface area (Å²) in [5.74, 6) is -0.371. The van der Waals surface area contributed by atoms with E-state index in [1.807, 2.05) is 34.7 Å². The number of rotatable bonds is 4. The summed E-state index contributed by atoms with van der Waals surface area (Å²) in [5.41, 5.74) is 5.53. The third kappa shape index (κ3) is 3.10. The number of carbonyl (C=O) groups excluding carboxylic acids is 1. The molecule has 0 aliphatic carbocycles. The quantitative estimate of drug-likeness (QED) is 0.529. The number of halogens is 1. The lowest BCUT2D eigenvalue weighted by Gasteiger charge is -2.04. The summed E-state index contributed by atoms with van der Waals surface area (Å²) in [6.45, 7) is 7.52. The molecule has 0 saturated carbocycles. The molecule has 0 radical (unpaired) electrons. The number of benzene rings is 1. The molecule has 0 spiro atoms. The number of nitrogens with zero attached hydrogens (tertiary/aromatic N) is 4. The lowest BCUT2D eigenvalue weighted by atomic mass is 10.1. The Kier molecular flexibility index (Phi) is 4.59. The standard InChI is InChI=1S/C20H21FN4O/c1-12-18(10-11-19(26)20-13(2)22-24(5)15(20)4)14(3)25(23-12)17-8-6-16(21)7-9-17/h6-11H,1-5H3. The van der Waals surface area contributed by atoms with Crippen LogP contribution in [0.2, 0.25) is 0 Å². The molecule has 26 heavy (non-hydrogen) atoms. The van der Waals surface area contributed by atoms with E-state index in [1.54, 1.807) is 33.6 Å². The number of hydrogen-bond acceptors (Lipinski definition) is 3. The Hall–Kier alpha value is -3.02. The van der Waals surface area contributed by atoms with Crippen LogP contribution in [0, 0.1) is 33.5 Å². The Labute approximate surface area is 151 Å². The summed E-state index contributed by atoms with van der Waals surface area (Å²) in [6, 6.07) is 6.16. The zero-order valence-electron chi connectivity index (χ0n) is 15.5. The van der Waals surface area contributed by atoms with Crippen LogP contribution < -0.4 is 0 Å². The molecule has 3 rings (SSSR count). The largest absolute Gasteiger partial charge is 0.289 e. The minimum atomic E-state index is -0.289. The van der Waals surface area contributed by atoms with Gasteiger partial charge in [0.05, 0.1) is 22.6 Å². The fraction of sp³-hybridized carbons (Fsp3) is 0.250. The first-order valence-corrected chi connectivity index (χ1v) is 8.34. The molecule has 0 N–H and O–H groups in total. The third-order valence-corrected chi connectivity index (χ3v) is 4.58. The predicted molar refractivity (Wildman–Crippen MR) is 99.0 cm³/mol. The number of aromatic nitrogens is 4. The van der Waals surface area contributed by atoms with Crippen LogP contribution in [0.1, 0.15) is 38.7 Å². The Balaban J connectivity index is 1.94. The van der Waals surface area contributed by atoms with Crippen molar-refractivity contribution in [1.29, 1.82) is 0 Å². The fourth-order valence-corrected chi connectivity index (χ4v) is 3.10. The van der Waals surface area contributed by atoms with E-state index in [0.29, 0.717) is 5.56 Å². The van der Waals surface area contributed by atoms with Gasteiger partial charge in [-0.15, -0.1) is 0 Å². The summed E-state index contributed by atoms with van der Waals surface area (Å²) in [6.07, 6.45) is 3.34. The van der Waals surface area contributed by atoms with Crippen molar-refractivity contribution in [2.45, 2.75) is 27.7 Å². The van der Waals surface area contributed by atoms with E-state index in [1.165, 1.54) is 12.1 Å². The van der Waals surface area contributed by atoms with E-state index < -0.39 is 0 Å². The van der Waals surface area contributed by atoms with Gasteiger partial charge in [-0.3, -0.25) is 9.48 Å². The van der Waals surface area contributed by atoms with Crippen molar-refractivity contribution in [2.75, 3.05) is 0 Å². The van der Waals surface area contributed by atoms with Crippen molar-refractivity contribution in [3.05, 3.63) is 70.1 Å². The summed E-state index contributed by atoms with van der Waals surface area (Å²) >= 11 is 0. The Morgan fingerprint density at radius 3 is 2.23 bits per heavy atom. The SMILES string of the molecule is Cc1nn(-c2ccc(F)cc2)c(C)c1C=CC(=O)c1c(C)nn(C)c1C. The second-order valence-corrected chi connectivity index (χ2v) is 6.34. The van der Waals surface area contributed by atoms with E-state index >= 15 is 0 Å². The van der Waals surface area contributed by atoms with Crippen LogP contribution in [0.4, 0.5) is 4.39 Å². The van der Waals surface area contributed by atoms with Crippen LogP contribution in [0.5, 0.6) is 0 Å². The minimum Gasteiger partial charge on any atom is -0.289 e. The maximum absolute atomic E-state index is 13.1. The van der Waals surface area contributed by atoms with Crippen LogP contribution in [-0.4, -0.2) is 25.3 Å². The van der Waals surface area contributed by atoms with E-state index in [9.17, 15) is 9.18 Å². The molecule has 0 aliphatic rings. The molecule has 0 amide bonds.